The van der Waals surface area contributed by atoms with Crippen molar-refractivity contribution in [3.05, 3.63) is 22.8 Å². The summed E-state index contributed by atoms with van der Waals surface area (Å²) in [5.74, 6) is 6.18. The number of aromatic nitrogens is 1. The van der Waals surface area contributed by atoms with E-state index in [1.165, 1.54) is 0 Å². The van der Waals surface area contributed by atoms with Crippen molar-refractivity contribution >= 4 is 17.4 Å². The molecule has 14 heavy (non-hydrogen) atoms. The summed E-state index contributed by atoms with van der Waals surface area (Å²) in [6.45, 7) is 2.27. The van der Waals surface area contributed by atoms with Gasteiger partial charge in [0.05, 0.1) is 11.6 Å². The van der Waals surface area contributed by atoms with Crippen LogP contribution in [0.4, 0.5) is 5.82 Å². The molecule has 0 amide bonds. The van der Waals surface area contributed by atoms with E-state index < -0.39 is 0 Å². The van der Waals surface area contributed by atoms with Crippen LogP contribution < -0.4 is 5.32 Å². The molecule has 0 bridgehead atoms. The number of pyridine rings is 1. The molecule has 1 aromatic rings. The molecule has 4 heteroatoms. The molecule has 70 valence electrons. The summed E-state index contributed by atoms with van der Waals surface area (Å²) in [6, 6.07) is 5.25. The SMILES string of the molecule is CC#CCNc1ccc(Cl)c(C#N)n1. The van der Waals surface area contributed by atoms with Gasteiger partial charge in [-0.15, -0.1) is 5.92 Å². The van der Waals surface area contributed by atoms with Crippen LogP contribution in [0, 0.1) is 23.2 Å². The predicted octanol–water partition coefficient (Wildman–Crippen LogP) is 2.04. The second-order valence-electron chi connectivity index (χ2n) is 2.42. The molecule has 0 saturated carbocycles. The second kappa shape index (κ2) is 5.11. The Morgan fingerprint density at radius 1 is 1.57 bits per heavy atom. The molecular formula is C10H8ClN3. The highest BCUT2D eigenvalue weighted by atomic mass is 35.5. The van der Waals surface area contributed by atoms with Crippen LogP contribution in [-0.2, 0) is 0 Å². The minimum absolute atomic E-state index is 0.223. The number of halogens is 1. The number of hydrogen-bond acceptors (Lipinski definition) is 3. The minimum Gasteiger partial charge on any atom is -0.359 e. The molecule has 3 nitrogen and oxygen atoms in total. The van der Waals surface area contributed by atoms with Crippen molar-refractivity contribution in [1.82, 2.24) is 4.98 Å². The van der Waals surface area contributed by atoms with Crippen LogP contribution in [0.1, 0.15) is 12.6 Å². The fourth-order valence-electron chi connectivity index (χ4n) is 0.842. The molecule has 0 aliphatic carbocycles. The predicted molar refractivity (Wildman–Crippen MR) is 55.9 cm³/mol. The van der Waals surface area contributed by atoms with Crippen molar-refractivity contribution in [2.75, 3.05) is 11.9 Å². The lowest BCUT2D eigenvalue weighted by molar-refractivity contribution is 1.21. The summed E-state index contributed by atoms with van der Waals surface area (Å²) in [5, 5.41) is 12.0. The lowest BCUT2D eigenvalue weighted by atomic mass is 10.3. The third-order valence-corrected chi connectivity index (χ3v) is 1.79. The van der Waals surface area contributed by atoms with Gasteiger partial charge in [-0.3, -0.25) is 0 Å². The van der Waals surface area contributed by atoms with E-state index >= 15 is 0 Å². The third kappa shape index (κ3) is 2.65. The van der Waals surface area contributed by atoms with Crippen molar-refractivity contribution in [2.24, 2.45) is 0 Å². The molecule has 0 spiro atoms. The van der Waals surface area contributed by atoms with E-state index in [2.05, 4.69) is 22.1 Å². The van der Waals surface area contributed by atoms with Gasteiger partial charge in [-0.1, -0.05) is 17.5 Å². The fourth-order valence-corrected chi connectivity index (χ4v) is 0.990. The topological polar surface area (TPSA) is 48.7 Å². The summed E-state index contributed by atoms with van der Waals surface area (Å²) in [6.07, 6.45) is 0. The summed E-state index contributed by atoms with van der Waals surface area (Å²) < 4.78 is 0. The Labute approximate surface area is 87.7 Å². The highest BCUT2D eigenvalue weighted by molar-refractivity contribution is 6.31. The Morgan fingerprint density at radius 2 is 2.36 bits per heavy atom. The molecule has 0 aromatic carbocycles. The van der Waals surface area contributed by atoms with E-state index in [4.69, 9.17) is 16.9 Å². The largest absolute Gasteiger partial charge is 0.359 e. The molecule has 0 fully saturated rings. The van der Waals surface area contributed by atoms with Crippen molar-refractivity contribution in [1.29, 1.82) is 5.26 Å². The van der Waals surface area contributed by atoms with Crippen LogP contribution in [0.5, 0.6) is 0 Å². The van der Waals surface area contributed by atoms with Gasteiger partial charge in [-0.05, 0) is 19.1 Å². The van der Waals surface area contributed by atoms with Crippen LogP contribution in [0.15, 0.2) is 12.1 Å². The zero-order chi connectivity index (χ0) is 10.4. The van der Waals surface area contributed by atoms with Gasteiger partial charge in [0.25, 0.3) is 0 Å². The molecular weight excluding hydrogens is 198 g/mol. The average molecular weight is 206 g/mol. The number of nitrogens with one attached hydrogen (secondary N) is 1. The summed E-state index contributed by atoms with van der Waals surface area (Å²) in [5.41, 5.74) is 0.223. The molecule has 0 aliphatic rings. The summed E-state index contributed by atoms with van der Waals surface area (Å²) in [4.78, 5) is 3.99. The Hall–Kier alpha value is -1.71. The zero-order valence-corrected chi connectivity index (χ0v) is 8.39. The van der Waals surface area contributed by atoms with Gasteiger partial charge in [0.1, 0.15) is 11.9 Å². The van der Waals surface area contributed by atoms with Gasteiger partial charge in [-0.2, -0.15) is 5.26 Å². The average Bonchev–Trinajstić information content (AvgIpc) is 2.21. The Morgan fingerprint density at radius 3 is 3.00 bits per heavy atom. The Kier molecular flexibility index (Phi) is 3.79. The van der Waals surface area contributed by atoms with Crippen LogP contribution in [0.2, 0.25) is 5.02 Å². The number of nitriles is 1. The third-order valence-electron chi connectivity index (χ3n) is 1.49. The summed E-state index contributed by atoms with van der Waals surface area (Å²) >= 11 is 5.72. The molecule has 0 unspecified atom stereocenters. The Bertz CT molecular complexity index is 423. The van der Waals surface area contributed by atoms with Crippen LogP contribution in [0.3, 0.4) is 0 Å². The maximum atomic E-state index is 8.66. The van der Waals surface area contributed by atoms with E-state index in [-0.39, 0.29) is 5.69 Å². The maximum absolute atomic E-state index is 8.66. The molecule has 1 N–H and O–H groups in total. The van der Waals surface area contributed by atoms with Gasteiger partial charge >= 0.3 is 0 Å². The first-order chi connectivity index (χ1) is 6.77. The smallest absolute Gasteiger partial charge is 0.161 e. The normalized spacial score (nSPS) is 8.36. The molecule has 0 atom stereocenters. The highest BCUT2D eigenvalue weighted by Gasteiger charge is 2.01. The summed E-state index contributed by atoms with van der Waals surface area (Å²) in [7, 11) is 0. The molecule has 1 rings (SSSR count). The second-order valence-corrected chi connectivity index (χ2v) is 2.83. The molecule has 0 radical (unpaired) electrons. The fraction of sp³-hybridized carbons (Fsp3) is 0.200. The quantitative estimate of drug-likeness (QED) is 0.752. The van der Waals surface area contributed by atoms with Crippen LogP contribution >= 0.6 is 11.6 Å². The monoisotopic (exact) mass is 205 g/mol. The number of hydrogen-bond donors (Lipinski definition) is 1. The standard InChI is InChI=1S/C10H8ClN3/c1-2-3-6-13-10-5-4-8(11)9(7-12)14-10/h4-5H,6H2,1H3,(H,13,14). The van der Waals surface area contributed by atoms with E-state index in [0.29, 0.717) is 17.4 Å². The Balaban J connectivity index is 2.79. The van der Waals surface area contributed by atoms with Crippen molar-refractivity contribution in [2.45, 2.75) is 6.92 Å². The molecule has 0 aliphatic heterocycles. The van der Waals surface area contributed by atoms with E-state index in [9.17, 15) is 0 Å². The van der Waals surface area contributed by atoms with Gasteiger partial charge < -0.3 is 5.32 Å². The minimum atomic E-state index is 0.223. The highest BCUT2D eigenvalue weighted by Crippen LogP contribution is 2.15. The first-order valence-electron chi connectivity index (χ1n) is 3.98. The zero-order valence-electron chi connectivity index (χ0n) is 7.63. The van der Waals surface area contributed by atoms with E-state index in [1.807, 2.05) is 6.07 Å². The molecule has 0 saturated heterocycles. The number of nitrogens with zero attached hydrogens (tertiary/aromatic N) is 2. The van der Waals surface area contributed by atoms with Crippen LogP contribution in [0.25, 0.3) is 0 Å². The van der Waals surface area contributed by atoms with Crippen molar-refractivity contribution in [3.63, 3.8) is 0 Å². The van der Waals surface area contributed by atoms with Gasteiger partial charge in [0.15, 0.2) is 5.69 Å². The van der Waals surface area contributed by atoms with Crippen LogP contribution in [-0.4, -0.2) is 11.5 Å². The maximum Gasteiger partial charge on any atom is 0.161 e. The first-order valence-corrected chi connectivity index (χ1v) is 4.36. The number of anilines is 1. The van der Waals surface area contributed by atoms with E-state index in [0.717, 1.165) is 0 Å². The van der Waals surface area contributed by atoms with Gasteiger partial charge in [-0.25, -0.2) is 4.98 Å². The first kappa shape index (κ1) is 10.4. The lowest BCUT2D eigenvalue weighted by Crippen LogP contribution is -2.01. The van der Waals surface area contributed by atoms with E-state index in [1.54, 1.807) is 19.1 Å². The van der Waals surface area contributed by atoms with Crippen molar-refractivity contribution < 1.29 is 0 Å². The van der Waals surface area contributed by atoms with Gasteiger partial charge in [0, 0.05) is 0 Å². The molecule has 1 heterocycles. The molecule has 1 aromatic heterocycles. The lowest BCUT2D eigenvalue weighted by Gasteiger charge is -2.01. The van der Waals surface area contributed by atoms with Gasteiger partial charge in [0.2, 0.25) is 0 Å². The number of rotatable bonds is 2. The van der Waals surface area contributed by atoms with Crippen molar-refractivity contribution in [3.8, 4) is 17.9 Å².